The summed E-state index contributed by atoms with van der Waals surface area (Å²) in [5.74, 6) is -0.484. The van der Waals surface area contributed by atoms with E-state index in [0.29, 0.717) is 32.3 Å². The van der Waals surface area contributed by atoms with Crippen molar-refractivity contribution in [3.05, 3.63) is 0 Å². The molecule has 0 amide bonds. The van der Waals surface area contributed by atoms with E-state index in [1.165, 1.54) is 5.06 Å². The van der Waals surface area contributed by atoms with E-state index < -0.39 is 0 Å². The minimum absolute atomic E-state index is 0.210. The molecule has 0 bridgehead atoms. The van der Waals surface area contributed by atoms with Gasteiger partial charge in [0.1, 0.15) is 0 Å². The molecule has 88 valence electrons. The highest BCUT2D eigenvalue weighted by molar-refractivity contribution is 5.70. The third kappa shape index (κ3) is 9.21. The molecule has 0 saturated carbocycles. The molecule has 0 N–H and O–H groups in total. The van der Waals surface area contributed by atoms with Gasteiger partial charge < -0.3 is 9.57 Å². The van der Waals surface area contributed by atoms with Crippen LogP contribution in [0.1, 0.15) is 32.6 Å². The molecule has 0 saturated heterocycles. The van der Waals surface area contributed by atoms with Gasteiger partial charge in [0.2, 0.25) is 0 Å². The molecule has 0 aromatic rings. The van der Waals surface area contributed by atoms with Gasteiger partial charge in [-0.05, 0) is 19.8 Å². The zero-order valence-corrected chi connectivity index (χ0v) is 9.62. The number of ether oxygens (including phenoxy) is 1. The van der Waals surface area contributed by atoms with Crippen molar-refractivity contribution in [3.8, 4) is 0 Å². The fraction of sp³-hybridized carbons (Fsp3) is 0.800. The van der Waals surface area contributed by atoms with E-state index in [2.05, 4.69) is 0 Å². The molecular weight excluding hydrogens is 198 g/mol. The summed E-state index contributed by atoms with van der Waals surface area (Å²) < 4.78 is 4.75. The van der Waals surface area contributed by atoms with Crippen LogP contribution in [0.25, 0.3) is 0 Å². The first-order chi connectivity index (χ1) is 7.06. The highest BCUT2D eigenvalue weighted by atomic mass is 16.7. The Labute approximate surface area is 90.3 Å². The van der Waals surface area contributed by atoms with Crippen LogP contribution in [0.3, 0.4) is 0 Å². The van der Waals surface area contributed by atoms with Crippen LogP contribution in [0, 0.1) is 0 Å². The lowest BCUT2D eigenvalue weighted by Gasteiger charge is -2.09. The van der Waals surface area contributed by atoms with Gasteiger partial charge in [0.15, 0.2) is 0 Å². The molecule has 0 aromatic carbocycles. The molecule has 5 nitrogen and oxygen atoms in total. The van der Waals surface area contributed by atoms with Crippen molar-refractivity contribution in [2.24, 2.45) is 0 Å². The molecule has 0 aliphatic carbocycles. The normalized spacial score (nSPS) is 10.1. The number of unbranched alkanes of at least 4 members (excludes halogenated alkanes) is 1. The fourth-order valence-electron chi connectivity index (χ4n) is 1.02. The van der Waals surface area contributed by atoms with Crippen LogP contribution in [-0.2, 0) is 19.2 Å². The molecule has 0 spiro atoms. The zero-order chi connectivity index (χ0) is 11.7. The minimum Gasteiger partial charge on any atom is -0.466 e. The summed E-state index contributed by atoms with van der Waals surface area (Å²) in [4.78, 5) is 26.7. The summed E-state index contributed by atoms with van der Waals surface area (Å²) in [5.41, 5.74) is 0. The second kappa shape index (κ2) is 8.23. The van der Waals surface area contributed by atoms with Crippen molar-refractivity contribution in [3.63, 3.8) is 0 Å². The SMILES string of the molecule is CCOC(=O)CCCCC(=O)ON(C)C. The highest BCUT2D eigenvalue weighted by Crippen LogP contribution is 2.03. The van der Waals surface area contributed by atoms with Crippen LogP contribution in [0.5, 0.6) is 0 Å². The molecule has 0 atom stereocenters. The molecule has 5 heteroatoms. The van der Waals surface area contributed by atoms with Gasteiger partial charge in [0.25, 0.3) is 0 Å². The summed E-state index contributed by atoms with van der Waals surface area (Å²) in [6.45, 7) is 2.17. The Kier molecular flexibility index (Phi) is 7.62. The van der Waals surface area contributed by atoms with Crippen LogP contribution >= 0.6 is 0 Å². The average molecular weight is 217 g/mol. The Morgan fingerprint density at radius 2 is 1.60 bits per heavy atom. The van der Waals surface area contributed by atoms with Crippen LogP contribution in [0.15, 0.2) is 0 Å². The van der Waals surface area contributed by atoms with Crippen molar-refractivity contribution in [2.75, 3.05) is 20.7 Å². The van der Waals surface area contributed by atoms with Gasteiger partial charge in [-0.1, -0.05) is 0 Å². The lowest BCUT2D eigenvalue weighted by molar-refractivity contribution is -0.178. The van der Waals surface area contributed by atoms with Gasteiger partial charge in [0, 0.05) is 26.9 Å². The molecule has 0 aliphatic rings. The largest absolute Gasteiger partial charge is 0.466 e. The minimum atomic E-state index is -0.274. The Morgan fingerprint density at radius 1 is 1.07 bits per heavy atom. The molecular formula is C10H19NO4. The Hall–Kier alpha value is -1.10. The molecule has 0 unspecified atom stereocenters. The summed E-state index contributed by atoms with van der Waals surface area (Å²) >= 11 is 0. The van der Waals surface area contributed by atoms with Crippen molar-refractivity contribution in [1.82, 2.24) is 5.06 Å². The topological polar surface area (TPSA) is 55.8 Å². The fourth-order valence-corrected chi connectivity index (χ4v) is 1.02. The van der Waals surface area contributed by atoms with Crippen LogP contribution in [0.4, 0.5) is 0 Å². The van der Waals surface area contributed by atoms with E-state index in [9.17, 15) is 9.59 Å². The van der Waals surface area contributed by atoms with E-state index in [-0.39, 0.29) is 11.9 Å². The maximum absolute atomic E-state index is 11.0. The standard InChI is InChI=1S/C10H19NO4/c1-4-14-9(12)7-5-6-8-10(13)15-11(2)3/h4-8H2,1-3H3. The van der Waals surface area contributed by atoms with Gasteiger partial charge in [0.05, 0.1) is 6.61 Å². The van der Waals surface area contributed by atoms with E-state index in [4.69, 9.17) is 9.57 Å². The average Bonchev–Trinajstić information content (AvgIpc) is 2.12. The van der Waals surface area contributed by atoms with Crippen LogP contribution in [0.2, 0.25) is 0 Å². The Balaban J connectivity index is 3.38. The number of hydrogen-bond donors (Lipinski definition) is 0. The summed E-state index contributed by atoms with van der Waals surface area (Å²) in [5, 5.41) is 1.35. The number of esters is 1. The van der Waals surface area contributed by atoms with Gasteiger partial charge in [-0.2, -0.15) is 0 Å². The lowest BCUT2D eigenvalue weighted by Crippen LogP contribution is -2.18. The van der Waals surface area contributed by atoms with E-state index in [0.717, 1.165) is 0 Å². The smallest absolute Gasteiger partial charge is 0.325 e. The highest BCUT2D eigenvalue weighted by Gasteiger charge is 2.06. The third-order valence-electron chi connectivity index (χ3n) is 1.60. The molecule has 15 heavy (non-hydrogen) atoms. The molecule has 0 aliphatic heterocycles. The Bertz CT molecular complexity index is 204. The predicted octanol–water partition coefficient (Wildman–Crippen LogP) is 1.13. The second-order valence-electron chi connectivity index (χ2n) is 3.29. The van der Waals surface area contributed by atoms with Crippen LogP contribution < -0.4 is 0 Å². The van der Waals surface area contributed by atoms with Crippen LogP contribution in [-0.4, -0.2) is 37.7 Å². The predicted molar refractivity (Wildman–Crippen MR) is 54.9 cm³/mol. The summed E-state index contributed by atoms with van der Waals surface area (Å²) in [6.07, 6.45) is 1.99. The molecule has 0 rings (SSSR count). The van der Waals surface area contributed by atoms with E-state index >= 15 is 0 Å². The number of hydroxylamine groups is 2. The number of hydrogen-bond acceptors (Lipinski definition) is 5. The monoisotopic (exact) mass is 217 g/mol. The van der Waals surface area contributed by atoms with Crippen molar-refractivity contribution < 1.29 is 19.2 Å². The number of rotatable bonds is 7. The van der Waals surface area contributed by atoms with Gasteiger partial charge in [-0.25, -0.2) is 0 Å². The maximum Gasteiger partial charge on any atom is 0.325 e. The maximum atomic E-state index is 11.0. The third-order valence-corrected chi connectivity index (χ3v) is 1.60. The van der Waals surface area contributed by atoms with E-state index in [1.54, 1.807) is 21.0 Å². The zero-order valence-electron chi connectivity index (χ0n) is 9.62. The van der Waals surface area contributed by atoms with Gasteiger partial charge >= 0.3 is 11.9 Å². The molecule has 0 fully saturated rings. The number of nitrogens with zero attached hydrogens (tertiary/aromatic N) is 1. The van der Waals surface area contributed by atoms with Gasteiger partial charge in [-0.15, -0.1) is 5.06 Å². The lowest BCUT2D eigenvalue weighted by atomic mass is 10.2. The first-order valence-electron chi connectivity index (χ1n) is 5.10. The van der Waals surface area contributed by atoms with E-state index in [1.807, 2.05) is 0 Å². The van der Waals surface area contributed by atoms with Crippen molar-refractivity contribution >= 4 is 11.9 Å². The van der Waals surface area contributed by atoms with Gasteiger partial charge in [-0.3, -0.25) is 9.59 Å². The summed E-state index contributed by atoms with van der Waals surface area (Å²) in [7, 11) is 3.30. The quantitative estimate of drug-likeness (QED) is 0.363. The first kappa shape index (κ1) is 13.9. The first-order valence-corrected chi connectivity index (χ1v) is 5.10. The molecule has 0 heterocycles. The Morgan fingerprint density at radius 3 is 2.07 bits per heavy atom. The molecule has 0 aromatic heterocycles. The number of carbonyl (C=O) groups excluding carboxylic acids is 2. The van der Waals surface area contributed by atoms with Crippen molar-refractivity contribution in [2.45, 2.75) is 32.6 Å². The number of carbonyl (C=O) groups is 2. The second-order valence-corrected chi connectivity index (χ2v) is 3.29. The molecule has 0 radical (unpaired) electrons. The van der Waals surface area contributed by atoms with Crippen molar-refractivity contribution in [1.29, 1.82) is 0 Å². The summed E-state index contributed by atoms with van der Waals surface area (Å²) in [6, 6.07) is 0.